The van der Waals surface area contributed by atoms with Gasteiger partial charge in [0.1, 0.15) is 5.60 Å². The third kappa shape index (κ3) is 0.722. The van der Waals surface area contributed by atoms with Gasteiger partial charge in [0.15, 0.2) is 0 Å². The molecule has 0 radical (unpaired) electrons. The summed E-state index contributed by atoms with van der Waals surface area (Å²) in [5.74, 6) is 8.68. The van der Waals surface area contributed by atoms with Crippen LogP contribution in [-0.2, 0) is 9.53 Å². The van der Waals surface area contributed by atoms with Crippen molar-refractivity contribution in [1.29, 1.82) is 0 Å². The minimum absolute atomic E-state index is 0.0104. The molecule has 0 aromatic heterocycles. The number of esters is 1. The SMILES string of the molecule is CC(=O)O[C@@]12[C@H]3[C@@H]4[C@H]5[C@@H]1[C@H]1[C@@H]6[C@@H]7[C@@H]8[C@H]9[C@@H]([C@H]3[C@@H]8[C@@]62Br)[C@@H]4[C@@]2(O)[C@@H]5[C@]1(Br)[C@@H]7[C@@]92Br. The minimum Gasteiger partial charge on any atom is -0.457 e. The molecule has 6 heteroatoms. The van der Waals surface area contributed by atoms with E-state index in [4.69, 9.17) is 4.74 Å². The van der Waals surface area contributed by atoms with E-state index in [1.54, 1.807) is 6.92 Å². The van der Waals surface area contributed by atoms with E-state index in [9.17, 15) is 9.90 Å². The van der Waals surface area contributed by atoms with Crippen LogP contribution >= 0.6 is 47.8 Å². The van der Waals surface area contributed by atoms with Crippen LogP contribution < -0.4 is 0 Å². The number of hydrogen-bond acceptors (Lipinski definition) is 3. The largest absolute Gasteiger partial charge is 0.457 e. The van der Waals surface area contributed by atoms with Crippen molar-refractivity contribution in [3.63, 3.8) is 0 Å². The number of carbonyl (C=O) groups is 1. The second kappa shape index (κ2) is 3.15. The van der Waals surface area contributed by atoms with Crippen LogP contribution in [0.1, 0.15) is 6.92 Å². The summed E-state index contributed by atoms with van der Waals surface area (Å²) in [6.07, 6.45) is 0. The van der Waals surface area contributed by atoms with Crippen molar-refractivity contribution in [2.45, 2.75) is 31.1 Å². The van der Waals surface area contributed by atoms with Crippen LogP contribution in [0.2, 0.25) is 0 Å². The van der Waals surface area contributed by atoms with Gasteiger partial charge in [-0.25, -0.2) is 0 Å². The number of aliphatic hydroxyl groups is 1. The van der Waals surface area contributed by atoms with Crippen LogP contribution in [-0.4, -0.2) is 35.3 Å². The molecule has 28 heavy (non-hydrogen) atoms. The van der Waals surface area contributed by atoms with Crippen molar-refractivity contribution in [2.75, 3.05) is 0 Å². The van der Waals surface area contributed by atoms with E-state index in [1.165, 1.54) is 0 Å². The quantitative estimate of drug-likeness (QED) is 0.390. The lowest BCUT2D eigenvalue weighted by Crippen LogP contribution is -2.58. The molecule has 0 spiro atoms. The maximum absolute atomic E-state index is 12.7. The van der Waals surface area contributed by atoms with E-state index in [1.807, 2.05) is 0 Å². The lowest BCUT2D eigenvalue weighted by atomic mass is 9.73. The average Bonchev–Trinajstić information content (AvgIpc) is 3.39. The number of hydrogen-bond donors (Lipinski definition) is 1. The summed E-state index contributed by atoms with van der Waals surface area (Å²) in [6.45, 7) is 1.64. The molecular formula is C22H19Br3O3. The highest BCUT2D eigenvalue weighted by molar-refractivity contribution is 9.11. The minimum atomic E-state index is -0.527. The number of alkyl halides is 3. The maximum Gasteiger partial charge on any atom is 0.303 e. The summed E-state index contributed by atoms with van der Waals surface area (Å²) in [7, 11) is 0. The van der Waals surface area contributed by atoms with Gasteiger partial charge in [-0.15, -0.1) is 0 Å². The highest BCUT2D eigenvalue weighted by Crippen LogP contribution is 3.07. The summed E-state index contributed by atoms with van der Waals surface area (Å²) in [6, 6.07) is 0. The van der Waals surface area contributed by atoms with Gasteiger partial charge in [-0.05, 0) is 71.0 Å². The molecule has 0 saturated heterocycles. The molecule has 3 nitrogen and oxygen atoms in total. The van der Waals surface area contributed by atoms with Crippen LogP contribution in [0.25, 0.3) is 0 Å². The molecule has 12 aliphatic carbocycles. The Morgan fingerprint density at radius 3 is 2.11 bits per heavy atom. The summed E-state index contributed by atoms with van der Waals surface area (Å²) >= 11 is 13.3. The molecule has 12 saturated carbocycles. The van der Waals surface area contributed by atoms with Gasteiger partial charge in [0, 0.05) is 29.0 Å². The Morgan fingerprint density at radius 2 is 1.36 bits per heavy atom. The molecule has 0 heterocycles. The first-order chi connectivity index (χ1) is 13.3. The van der Waals surface area contributed by atoms with Gasteiger partial charge in [-0.3, -0.25) is 4.79 Å². The topological polar surface area (TPSA) is 46.5 Å². The summed E-state index contributed by atoms with van der Waals surface area (Å²) in [5, 5.41) is 12.7. The second-order valence-electron chi connectivity index (χ2n) is 12.7. The molecule has 0 amide bonds. The summed E-state index contributed by atoms with van der Waals surface area (Å²) < 4.78 is 6.64. The highest BCUT2D eigenvalue weighted by atomic mass is 79.9. The van der Waals surface area contributed by atoms with E-state index in [-0.39, 0.29) is 24.5 Å². The Balaban J connectivity index is 1.40. The second-order valence-corrected chi connectivity index (χ2v) is 16.7. The molecule has 12 rings (SSSR count). The smallest absolute Gasteiger partial charge is 0.303 e. The lowest BCUT2D eigenvalue weighted by molar-refractivity contribution is -0.168. The van der Waals surface area contributed by atoms with Crippen molar-refractivity contribution in [3.8, 4) is 0 Å². The molecule has 12 aliphatic rings. The number of halogens is 3. The monoisotopic (exact) mass is 568 g/mol. The molecule has 0 bridgehead atoms. The Bertz CT molecular complexity index is 1070. The zero-order valence-corrected chi connectivity index (χ0v) is 19.8. The predicted octanol–water partition coefficient (Wildman–Crippen LogP) is 2.81. The van der Waals surface area contributed by atoms with Crippen LogP contribution in [0.5, 0.6) is 0 Å². The lowest BCUT2D eigenvalue weighted by Gasteiger charge is -2.47. The van der Waals surface area contributed by atoms with Gasteiger partial charge in [-0.1, -0.05) is 47.8 Å². The number of rotatable bonds is 1. The van der Waals surface area contributed by atoms with Gasteiger partial charge < -0.3 is 9.84 Å². The maximum atomic E-state index is 12.7. The molecule has 1 N–H and O–H groups in total. The number of carbonyl (C=O) groups excluding carboxylic acids is 1. The van der Waals surface area contributed by atoms with Crippen LogP contribution in [0.15, 0.2) is 0 Å². The van der Waals surface area contributed by atoms with Crippen LogP contribution in [0.4, 0.5) is 0 Å². The third-order valence-corrected chi connectivity index (χ3v) is 18.7. The van der Waals surface area contributed by atoms with E-state index < -0.39 is 5.60 Å². The zero-order valence-electron chi connectivity index (χ0n) is 15.1. The summed E-state index contributed by atoms with van der Waals surface area (Å²) in [4.78, 5) is 12.5. The molecule has 0 aromatic carbocycles. The standard InChI is InChI=1S/C22H19Br3O3/c1-2(26)28-22-12-4-3-10-5-7-13(19(22,24)9(4)5)15-14(22)8-6(12)11(3)21(27)17(8)18(15,23)16(7)20(10,21)25/h3-17,27H,1H3/t3-,4+,5+,6-,7+,8+,9+,10-,11+,12-,13+,14-,15-,16-,17+,18-,19-,20+,21-,22+/m1/s1. The third-order valence-electron chi connectivity index (χ3n) is 13.9. The van der Waals surface area contributed by atoms with E-state index in [2.05, 4.69) is 47.8 Å². The van der Waals surface area contributed by atoms with Gasteiger partial charge in [0.25, 0.3) is 0 Å². The Morgan fingerprint density at radius 1 is 0.750 bits per heavy atom. The van der Waals surface area contributed by atoms with E-state index in [0.717, 1.165) is 5.92 Å². The van der Waals surface area contributed by atoms with Gasteiger partial charge >= 0.3 is 5.97 Å². The molecule has 0 aliphatic heterocycles. The Kier molecular flexibility index (Phi) is 1.67. The van der Waals surface area contributed by atoms with Crippen molar-refractivity contribution < 1.29 is 14.6 Å². The van der Waals surface area contributed by atoms with Gasteiger partial charge in [-0.2, -0.15) is 0 Å². The van der Waals surface area contributed by atoms with E-state index in [0.29, 0.717) is 82.9 Å². The van der Waals surface area contributed by atoms with E-state index >= 15 is 0 Å². The first kappa shape index (κ1) is 14.8. The first-order valence-electron chi connectivity index (χ1n) is 11.2. The average molecular weight is 571 g/mol. The molecular weight excluding hydrogens is 552 g/mol. The highest BCUT2D eigenvalue weighted by Gasteiger charge is 3.12. The fourth-order valence-corrected chi connectivity index (χ4v) is 21.4. The van der Waals surface area contributed by atoms with Crippen LogP contribution in [0, 0.1) is 88.8 Å². The van der Waals surface area contributed by atoms with Crippen molar-refractivity contribution in [1.82, 2.24) is 0 Å². The van der Waals surface area contributed by atoms with Gasteiger partial charge in [0.05, 0.1) is 14.2 Å². The zero-order chi connectivity index (χ0) is 18.4. The van der Waals surface area contributed by atoms with Crippen molar-refractivity contribution in [2.24, 2.45) is 88.8 Å². The molecule has 146 valence electrons. The van der Waals surface area contributed by atoms with Gasteiger partial charge in [0.2, 0.25) is 0 Å². The molecule has 0 unspecified atom stereocenters. The Hall–Kier alpha value is 0.870. The fourth-order valence-electron chi connectivity index (χ4n) is 15.6. The normalized spacial score (nSPS) is 93.7. The van der Waals surface area contributed by atoms with Crippen LogP contribution in [0.3, 0.4) is 0 Å². The number of ether oxygens (including phenoxy) is 1. The fraction of sp³-hybridized carbons (Fsp3) is 0.955. The Labute approximate surface area is 187 Å². The van der Waals surface area contributed by atoms with Crippen molar-refractivity contribution in [3.05, 3.63) is 0 Å². The summed E-state index contributed by atoms with van der Waals surface area (Å²) in [5.41, 5.74) is -0.811. The molecule has 20 atom stereocenters. The predicted molar refractivity (Wildman–Crippen MR) is 107 cm³/mol. The molecule has 12 fully saturated rings. The molecule has 0 aromatic rings. The van der Waals surface area contributed by atoms with Crippen molar-refractivity contribution >= 4 is 53.8 Å². The first-order valence-corrected chi connectivity index (χ1v) is 13.6.